The van der Waals surface area contributed by atoms with Crippen LogP contribution in [-0.2, 0) is 6.67 Å². The third-order valence-electron chi connectivity index (χ3n) is 1.11. The fourth-order valence-electron chi connectivity index (χ4n) is 0.643. The van der Waals surface area contributed by atoms with Gasteiger partial charge in [-0.15, -0.1) is 0 Å². The number of rotatable bonds is 2. The van der Waals surface area contributed by atoms with Crippen molar-refractivity contribution in [2.75, 3.05) is 0 Å². The smallest absolute Gasteiger partial charge is 0.150 e. The third kappa shape index (κ3) is 1.37. The molecule has 1 aromatic rings. The Morgan fingerprint density at radius 3 is 3.10 bits per heavy atom. The fraction of sp³-hybridized carbons (Fsp3) is 0.143. The summed E-state index contributed by atoms with van der Waals surface area (Å²) in [5, 5.41) is 0. The summed E-state index contributed by atoms with van der Waals surface area (Å²) in [5.41, 5.74) is 0.757. The van der Waals surface area contributed by atoms with Crippen LogP contribution in [0.4, 0.5) is 4.39 Å². The lowest BCUT2D eigenvalue weighted by atomic mass is 10.2. The van der Waals surface area contributed by atoms with E-state index in [9.17, 15) is 9.18 Å². The highest BCUT2D eigenvalue weighted by atomic mass is 19.1. The summed E-state index contributed by atoms with van der Waals surface area (Å²) in [7, 11) is 0. The molecule has 0 unspecified atom stereocenters. The molecule has 0 saturated carbocycles. The topological polar surface area (TPSA) is 30.0 Å². The van der Waals surface area contributed by atoms with Gasteiger partial charge in [0.05, 0.1) is 5.69 Å². The summed E-state index contributed by atoms with van der Waals surface area (Å²) in [6, 6.07) is 2.96. The summed E-state index contributed by atoms with van der Waals surface area (Å²) >= 11 is 0. The van der Waals surface area contributed by atoms with Crippen molar-refractivity contribution in [3.05, 3.63) is 29.6 Å². The highest BCUT2D eigenvalue weighted by Crippen LogP contribution is 1.99. The zero-order chi connectivity index (χ0) is 7.40. The molecule has 0 spiro atoms. The number of carbonyl (C=O) groups excluding carboxylic acids is 1. The third-order valence-corrected chi connectivity index (χ3v) is 1.11. The minimum atomic E-state index is -0.623. The zero-order valence-corrected chi connectivity index (χ0v) is 5.25. The summed E-state index contributed by atoms with van der Waals surface area (Å²) in [5.74, 6) is 0. The van der Waals surface area contributed by atoms with Crippen molar-refractivity contribution in [1.29, 1.82) is 0 Å². The predicted molar refractivity (Wildman–Crippen MR) is 34.4 cm³/mol. The molecular weight excluding hydrogens is 133 g/mol. The number of carbonyl (C=O) groups is 1. The Hall–Kier alpha value is -1.25. The van der Waals surface area contributed by atoms with Crippen molar-refractivity contribution in [2.45, 2.75) is 6.67 Å². The van der Waals surface area contributed by atoms with Gasteiger partial charge in [0.25, 0.3) is 0 Å². The molecule has 0 aliphatic rings. The maximum atomic E-state index is 11.9. The van der Waals surface area contributed by atoms with E-state index in [0.29, 0.717) is 17.5 Å². The van der Waals surface area contributed by atoms with Crippen LogP contribution in [0, 0.1) is 0 Å². The highest BCUT2D eigenvalue weighted by molar-refractivity contribution is 5.74. The van der Waals surface area contributed by atoms with Crippen LogP contribution >= 0.6 is 0 Å². The first-order valence-corrected chi connectivity index (χ1v) is 2.83. The first kappa shape index (κ1) is 6.86. The molecule has 1 aromatic heterocycles. The molecule has 0 bridgehead atoms. The molecule has 1 rings (SSSR count). The SMILES string of the molecule is O=Cc1ccnc(CF)c1. The molecule has 0 amide bonds. The van der Waals surface area contributed by atoms with E-state index >= 15 is 0 Å². The second-order valence-electron chi connectivity index (χ2n) is 1.83. The summed E-state index contributed by atoms with van der Waals surface area (Å²) < 4.78 is 11.9. The number of pyridine rings is 1. The Labute approximate surface area is 57.7 Å². The van der Waals surface area contributed by atoms with Crippen LogP contribution in [0.3, 0.4) is 0 Å². The average Bonchev–Trinajstić information content (AvgIpc) is 2.05. The molecule has 0 aliphatic carbocycles. The van der Waals surface area contributed by atoms with Gasteiger partial charge in [-0.3, -0.25) is 9.78 Å². The Morgan fingerprint density at radius 1 is 1.70 bits per heavy atom. The van der Waals surface area contributed by atoms with Crippen LogP contribution in [0.5, 0.6) is 0 Å². The normalized spacial score (nSPS) is 9.30. The number of hydrogen-bond donors (Lipinski definition) is 0. The Kier molecular flexibility index (Phi) is 2.10. The second kappa shape index (κ2) is 3.06. The van der Waals surface area contributed by atoms with E-state index in [1.54, 1.807) is 0 Å². The van der Waals surface area contributed by atoms with Crippen molar-refractivity contribution < 1.29 is 9.18 Å². The molecule has 0 saturated heterocycles. The zero-order valence-electron chi connectivity index (χ0n) is 5.25. The molecule has 0 aromatic carbocycles. The van der Waals surface area contributed by atoms with E-state index in [1.165, 1.54) is 18.3 Å². The van der Waals surface area contributed by atoms with Crippen LogP contribution in [0.1, 0.15) is 16.1 Å². The van der Waals surface area contributed by atoms with Gasteiger partial charge in [0.15, 0.2) is 0 Å². The molecule has 10 heavy (non-hydrogen) atoms. The second-order valence-corrected chi connectivity index (χ2v) is 1.83. The molecule has 0 radical (unpaired) electrons. The minimum Gasteiger partial charge on any atom is -0.298 e. The molecule has 3 heteroatoms. The standard InChI is InChI=1S/C7H6FNO/c8-4-7-3-6(5-10)1-2-9-7/h1-3,5H,4H2. The van der Waals surface area contributed by atoms with Gasteiger partial charge in [0.1, 0.15) is 13.0 Å². The van der Waals surface area contributed by atoms with Gasteiger partial charge in [-0.05, 0) is 12.1 Å². The van der Waals surface area contributed by atoms with E-state index in [0.717, 1.165) is 0 Å². The van der Waals surface area contributed by atoms with Crippen molar-refractivity contribution in [1.82, 2.24) is 4.98 Å². The van der Waals surface area contributed by atoms with Gasteiger partial charge in [-0.1, -0.05) is 0 Å². The maximum absolute atomic E-state index is 11.9. The fourth-order valence-corrected chi connectivity index (χ4v) is 0.643. The first-order valence-electron chi connectivity index (χ1n) is 2.83. The number of halogens is 1. The highest BCUT2D eigenvalue weighted by Gasteiger charge is 1.93. The lowest BCUT2D eigenvalue weighted by Crippen LogP contribution is -1.87. The van der Waals surface area contributed by atoms with Gasteiger partial charge >= 0.3 is 0 Å². The number of nitrogens with zero attached hydrogens (tertiary/aromatic N) is 1. The van der Waals surface area contributed by atoms with Gasteiger partial charge < -0.3 is 0 Å². The van der Waals surface area contributed by atoms with Gasteiger partial charge in [-0.25, -0.2) is 4.39 Å². The van der Waals surface area contributed by atoms with Gasteiger partial charge in [0, 0.05) is 11.8 Å². The van der Waals surface area contributed by atoms with Crippen molar-refractivity contribution >= 4 is 6.29 Å². The molecule has 0 atom stereocenters. The van der Waals surface area contributed by atoms with E-state index in [1.807, 2.05) is 0 Å². The lowest BCUT2D eigenvalue weighted by molar-refractivity contribution is 0.112. The van der Waals surface area contributed by atoms with Crippen LogP contribution < -0.4 is 0 Å². The van der Waals surface area contributed by atoms with E-state index in [-0.39, 0.29) is 0 Å². The molecule has 0 aliphatic heterocycles. The Bertz CT molecular complexity index is 237. The number of hydrogen-bond acceptors (Lipinski definition) is 2. The maximum Gasteiger partial charge on any atom is 0.150 e. The Balaban J connectivity index is 2.98. The quantitative estimate of drug-likeness (QED) is 0.579. The molecule has 2 nitrogen and oxygen atoms in total. The van der Waals surface area contributed by atoms with Crippen LogP contribution in [0.25, 0.3) is 0 Å². The van der Waals surface area contributed by atoms with Crippen LogP contribution in [0.15, 0.2) is 18.3 Å². The van der Waals surface area contributed by atoms with Gasteiger partial charge in [0.2, 0.25) is 0 Å². The molecular formula is C7H6FNO. The molecule has 52 valence electrons. The number of aromatic nitrogens is 1. The number of aldehydes is 1. The number of alkyl halides is 1. The minimum absolute atomic E-state index is 0.296. The largest absolute Gasteiger partial charge is 0.298 e. The van der Waals surface area contributed by atoms with Crippen LogP contribution in [0.2, 0.25) is 0 Å². The van der Waals surface area contributed by atoms with Crippen molar-refractivity contribution in [3.8, 4) is 0 Å². The van der Waals surface area contributed by atoms with E-state index in [2.05, 4.69) is 4.98 Å². The van der Waals surface area contributed by atoms with Gasteiger partial charge in [-0.2, -0.15) is 0 Å². The summed E-state index contributed by atoms with van der Waals surface area (Å²) in [6.45, 7) is -0.623. The van der Waals surface area contributed by atoms with E-state index < -0.39 is 6.67 Å². The summed E-state index contributed by atoms with van der Waals surface area (Å²) in [6.07, 6.45) is 2.08. The molecule has 0 fully saturated rings. The predicted octanol–water partition coefficient (Wildman–Crippen LogP) is 1.36. The van der Waals surface area contributed by atoms with Crippen molar-refractivity contribution in [3.63, 3.8) is 0 Å². The summed E-state index contributed by atoms with van der Waals surface area (Å²) in [4.78, 5) is 13.8. The molecule has 1 heterocycles. The monoisotopic (exact) mass is 139 g/mol. The average molecular weight is 139 g/mol. The van der Waals surface area contributed by atoms with Crippen molar-refractivity contribution in [2.24, 2.45) is 0 Å². The Morgan fingerprint density at radius 2 is 2.50 bits per heavy atom. The van der Waals surface area contributed by atoms with E-state index in [4.69, 9.17) is 0 Å². The lowest BCUT2D eigenvalue weighted by Gasteiger charge is -1.91. The first-order chi connectivity index (χ1) is 4.86. The molecule has 0 N–H and O–H groups in total. The van der Waals surface area contributed by atoms with Crippen LogP contribution in [-0.4, -0.2) is 11.3 Å².